The highest BCUT2D eigenvalue weighted by Gasteiger charge is 2.59. The average Bonchev–Trinajstić information content (AvgIpc) is 4.01. The number of ether oxygens (including phenoxy) is 4. The summed E-state index contributed by atoms with van der Waals surface area (Å²) in [4.78, 5) is 58.5. The molecule has 12 nitrogen and oxygen atoms in total. The molecule has 2 aromatic carbocycles. The number of hydrogen-bond acceptors (Lipinski definition) is 10. The maximum absolute atomic E-state index is 14.8. The summed E-state index contributed by atoms with van der Waals surface area (Å²) >= 11 is 0. The molecule has 6 aliphatic rings. The van der Waals surface area contributed by atoms with E-state index in [2.05, 4.69) is 23.7 Å². The lowest BCUT2D eigenvalue weighted by molar-refractivity contribution is -0.219. The maximum atomic E-state index is 14.8. The van der Waals surface area contributed by atoms with Crippen LogP contribution in [0.4, 0.5) is 43.9 Å². The minimum absolute atomic E-state index is 0.0355. The smallest absolute Gasteiger partial charge is 0.419 e. The molecule has 0 N–H and O–H groups in total. The minimum Gasteiger partial charge on any atom is -0.484 e. The molecule has 0 spiro atoms. The first-order chi connectivity index (χ1) is 31.4. The molecule has 0 saturated carbocycles. The summed E-state index contributed by atoms with van der Waals surface area (Å²) in [6.07, 6.45) is -1.41. The number of likely N-dealkylation sites (tertiary alicyclic amines) is 2. The van der Waals surface area contributed by atoms with Crippen LogP contribution in [0.2, 0.25) is 0 Å². The van der Waals surface area contributed by atoms with E-state index in [4.69, 9.17) is 18.9 Å². The number of fused-ring (bicyclic) bond motifs is 4. The first-order valence-electron chi connectivity index (χ1n) is 21.3. The zero-order chi connectivity index (χ0) is 47.2. The molecule has 354 valence electrons. The van der Waals surface area contributed by atoms with Gasteiger partial charge in [0.2, 0.25) is 70.0 Å². The highest BCUT2D eigenvalue weighted by molar-refractivity contribution is 6.30. The molecule has 4 bridgehead atoms. The summed E-state index contributed by atoms with van der Waals surface area (Å²) < 4.78 is 166. The van der Waals surface area contributed by atoms with Crippen LogP contribution < -0.4 is 9.47 Å². The Hall–Kier alpha value is -5.74. The summed E-state index contributed by atoms with van der Waals surface area (Å²) in [5.41, 5.74) is -3.69. The number of piperidine rings is 2. The number of nitrogens with zero attached hydrogens (tertiary/aromatic N) is 4. The average molecular weight is 943 g/mol. The third kappa shape index (κ3) is 8.69. The van der Waals surface area contributed by atoms with E-state index in [1.165, 1.54) is 9.80 Å². The van der Waals surface area contributed by atoms with Gasteiger partial charge < -0.3 is 28.7 Å². The van der Waals surface area contributed by atoms with Gasteiger partial charge >= 0.3 is 11.9 Å². The molecule has 6 atom stereocenters. The molecule has 6 unspecified atom stereocenters. The van der Waals surface area contributed by atoms with Crippen LogP contribution in [0.1, 0.15) is 77.0 Å². The monoisotopic (exact) mass is 942 g/mol. The lowest BCUT2D eigenvalue weighted by atomic mass is 9.96. The van der Waals surface area contributed by atoms with Crippen molar-refractivity contribution in [2.75, 3.05) is 39.3 Å². The van der Waals surface area contributed by atoms with Crippen molar-refractivity contribution < 1.29 is 82.0 Å². The van der Waals surface area contributed by atoms with Gasteiger partial charge in [-0.3, -0.25) is 19.4 Å². The highest BCUT2D eigenvalue weighted by Crippen LogP contribution is 2.49. The fraction of sp³-hybridized carbons (Fsp3) is 0.545. The lowest BCUT2D eigenvalue weighted by Crippen LogP contribution is -2.60. The molecule has 2 amide bonds. The molecule has 2 aromatic rings. The predicted octanol–water partition coefficient (Wildman–Crippen LogP) is 5.52. The Kier molecular flexibility index (Phi) is 13.1. The minimum atomic E-state index is -2.41. The highest BCUT2D eigenvalue weighted by atomic mass is 19.2. The zero-order valence-electron chi connectivity index (χ0n) is 34.9. The first-order valence-corrected chi connectivity index (χ1v) is 21.3. The van der Waals surface area contributed by atoms with E-state index in [0.717, 1.165) is 0 Å². The summed E-state index contributed by atoms with van der Waals surface area (Å²) in [5.74, 6) is -17.7. The first kappa shape index (κ1) is 46.8. The second-order valence-corrected chi connectivity index (χ2v) is 17.0. The maximum Gasteiger partial charge on any atom is 0.419 e. The second-order valence-electron chi connectivity index (χ2n) is 17.0. The standard InChI is InChI=1S/C44H40F10N4O8/c45-29-31(47)35(51)39(36(52)32(29)48)63-25-19-23-9-11-43(21-25,57(23)17-3-1-13-55-15-5-7-27(55)59)65-41(61)42(62)66-44-12-10-24(58(44)18-4-2-14-56-16-6-8-28(56)60)20-26(22-44)64-40-37(53)33(49)30(46)34(50)38(40)54/h23-26H,5-22H2. The largest absolute Gasteiger partial charge is 0.484 e. The van der Waals surface area contributed by atoms with Gasteiger partial charge in [0.15, 0.2) is 22.9 Å². The molecule has 22 heteroatoms. The molecule has 0 radical (unpaired) electrons. The van der Waals surface area contributed by atoms with E-state index in [1.807, 2.05) is 0 Å². The van der Waals surface area contributed by atoms with Crippen LogP contribution in [0.25, 0.3) is 0 Å². The van der Waals surface area contributed by atoms with Crippen LogP contribution >= 0.6 is 0 Å². The Morgan fingerprint density at radius 2 is 0.848 bits per heavy atom. The normalized spacial score (nSPS) is 27.1. The van der Waals surface area contributed by atoms with Crippen LogP contribution in [-0.4, -0.2) is 118 Å². The SMILES string of the molecule is O=C(OC12CCC(CC(Oc3c(F)c(F)c(F)c(F)c3F)C1)N2CC#CCN1CCCC1=O)C(=O)OC12CCC(CC(Oc3c(F)c(F)c(F)c(F)c3F)C1)N2CC#CCN1CCCC1=O. The van der Waals surface area contributed by atoms with Gasteiger partial charge in [0.1, 0.15) is 12.2 Å². The van der Waals surface area contributed by atoms with Gasteiger partial charge in [-0.2, -0.15) is 17.6 Å². The fourth-order valence-electron chi connectivity index (χ4n) is 9.96. The quantitative estimate of drug-likeness (QED) is 0.0754. The van der Waals surface area contributed by atoms with Gasteiger partial charge in [0, 0.05) is 76.5 Å². The van der Waals surface area contributed by atoms with Gasteiger partial charge in [-0.25, -0.2) is 35.9 Å². The van der Waals surface area contributed by atoms with Crippen LogP contribution in [0.15, 0.2) is 0 Å². The van der Waals surface area contributed by atoms with Crippen molar-refractivity contribution in [3.05, 3.63) is 58.2 Å². The van der Waals surface area contributed by atoms with Crippen molar-refractivity contribution >= 4 is 23.8 Å². The zero-order valence-corrected chi connectivity index (χ0v) is 34.9. The van der Waals surface area contributed by atoms with Gasteiger partial charge in [-0.15, -0.1) is 0 Å². The number of rotatable bonds is 10. The molecule has 0 aliphatic carbocycles. The summed E-state index contributed by atoms with van der Waals surface area (Å²) in [7, 11) is 0. The number of carbonyl (C=O) groups excluding carboxylic acids is 4. The summed E-state index contributed by atoms with van der Waals surface area (Å²) in [6.45, 7) is 0.881. The molecule has 6 fully saturated rings. The third-order valence-electron chi connectivity index (χ3n) is 13.1. The van der Waals surface area contributed by atoms with E-state index >= 15 is 0 Å². The number of hydrogen-bond donors (Lipinski definition) is 0. The van der Waals surface area contributed by atoms with Crippen molar-refractivity contribution in [2.24, 2.45) is 0 Å². The molecular formula is C44H40F10N4O8. The number of carbonyl (C=O) groups is 4. The van der Waals surface area contributed by atoms with Crippen molar-refractivity contribution in [1.29, 1.82) is 0 Å². The van der Waals surface area contributed by atoms with Gasteiger partial charge in [0.05, 0.1) is 26.2 Å². The Balaban J connectivity index is 1.05. The van der Waals surface area contributed by atoms with Crippen molar-refractivity contribution in [3.8, 4) is 35.2 Å². The van der Waals surface area contributed by atoms with Crippen LogP contribution in [-0.2, 0) is 28.7 Å². The molecule has 6 aliphatic heterocycles. The molecule has 8 rings (SSSR count). The Bertz CT molecular complexity index is 2250. The summed E-state index contributed by atoms with van der Waals surface area (Å²) in [6, 6.07) is -1.29. The van der Waals surface area contributed by atoms with E-state index in [1.54, 1.807) is 9.80 Å². The second kappa shape index (κ2) is 18.5. The Morgan fingerprint density at radius 1 is 0.515 bits per heavy atom. The molecular weight excluding hydrogens is 902 g/mol. The van der Waals surface area contributed by atoms with E-state index < -0.39 is 130 Å². The van der Waals surface area contributed by atoms with Crippen LogP contribution in [0.3, 0.4) is 0 Å². The third-order valence-corrected chi connectivity index (χ3v) is 13.1. The van der Waals surface area contributed by atoms with Crippen molar-refractivity contribution in [2.45, 2.75) is 113 Å². The number of benzene rings is 2. The van der Waals surface area contributed by atoms with Crippen LogP contribution in [0, 0.1) is 81.9 Å². The Labute approximate surface area is 370 Å². The van der Waals surface area contributed by atoms with E-state index in [0.29, 0.717) is 38.8 Å². The molecule has 6 saturated heterocycles. The fourth-order valence-corrected chi connectivity index (χ4v) is 9.96. The van der Waals surface area contributed by atoms with Gasteiger partial charge in [-0.05, 0) is 25.7 Å². The van der Waals surface area contributed by atoms with Gasteiger partial charge in [0.25, 0.3) is 0 Å². The van der Waals surface area contributed by atoms with Gasteiger partial charge in [-0.1, -0.05) is 23.7 Å². The molecule has 0 aromatic heterocycles. The van der Waals surface area contributed by atoms with Crippen LogP contribution in [0.5, 0.6) is 11.5 Å². The number of amides is 2. The molecule has 66 heavy (non-hydrogen) atoms. The lowest BCUT2D eigenvalue weighted by Gasteiger charge is -2.46. The van der Waals surface area contributed by atoms with Crippen molar-refractivity contribution in [1.82, 2.24) is 19.6 Å². The predicted molar refractivity (Wildman–Crippen MR) is 204 cm³/mol. The number of halogens is 10. The van der Waals surface area contributed by atoms with E-state index in [-0.39, 0.29) is 76.5 Å². The summed E-state index contributed by atoms with van der Waals surface area (Å²) in [5, 5.41) is 0. The number of esters is 2. The van der Waals surface area contributed by atoms with E-state index in [9.17, 15) is 63.1 Å². The van der Waals surface area contributed by atoms with Crippen molar-refractivity contribution in [3.63, 3.8) is 0 Å². The molecule has 6 heterocycles. The Morgan fingerprint density at radius 3 is 1.18 bits per heavy atom. The topological polar surface area (TPSA) is 118 Å².